The van der Waals surface area contributed by atoms with Crippen LogP contribution in [0.5, 0.6) is 0 Å². The number of anilines is 1. The third-order valence-corrected chi connectivity index (χ3v) is 6.53. The van der Waals surface area contributed by atoms with Gasteiger partial charge in [0.05, 0.1) is 6.26 Å². The highest BCUT2D eigenvalue weighted by atomic mass is 16.3. The second-order valence-corrected chi connectivity index (χ2v) is 8.80. The van der Waals surface area contributed by atoms with E-state index in [-0.39, 0.29) is 5.91 Å². The van der Waals surface area contributed by atoms with Gasteiger partial charge in [-0.25, -0.2) is 0 Å². The molecule has 5 nitrogen and oxygen atoms in total. The van der Waals surface area contributed by atoms with E-state index in [2.05, 4.69) is 46.3 Å². The Labute approximate surface area is 180 Å². The van der Waals surface area contributed by atoms with E-state index in [9.17, 15) is 4.79 Å². The molecule has 1 aromatic heterocycles. The first-order valence-corrected chi connectivity index (χ1v) is 11.6. The summed E-state index contributed by atoms with van der Waals surface area (Å²) in [4.78, 5) is 17.6. The van der Waals surface area contributed by atoms with Gasteiger partial charge in [0, 0.05) is 30.4 Å². The summed E-state index contributed by atoms with van der Waals surface area (Å²) in [6, 6.07) is 10.9. The quantitative estimate of drug-likeness (QED) is 0.614. The zero-order valence-electron chi connectivity index (χ0n) is 18.2. The molecule has 0 radical (unpaired) electrons. The molecule has 1 amide bonds. The van der Waals surface area contributed by atoms with Gasteiger partial charge in [-0.1, -0.05) is 31.0 Å². The first-order valence-electron chi connectivity index (χ1n) is 11.6. The number of hydrogen-bond donors (Lipinski definition) is 1. The number of piperidine rings is 1. The van der Waals surface area contributed by atoms with Crippen molar-refractivity contribution in [3.05, 3.63) is 53.5 Å². The number of para-hydroxylation sites is 1. The van der Waals surface area contributed by atoms with Gasteiger partial charge in [0.15, 0.2) is 5.76 Å². The van der Waals surface area contributed by atoms with Gasteiger partial charge in [-0.2, -0.15) is 0 Å². The molecule has 30 heavy (non-hydrogen) atoms. The van der Waals surface area contributed by atoms with Gasteiger partial charge in [-0.3, -0.25) is 4.79 Å². The predicted octanol–water partition coefficient (Wildman–Crippen LogP) is 4.62. The number of amides is 1. The minimum atomic E-state index is -0.0915. The van der Waals surface area contributed by atoms with Crippen LogP contribution in [0.15, 0.2) is 41.0 Å². The van der Waals surface area contributed by atoms with Gasteiger partial charge >= 0.3 is 0 Å². The molecule has 2 aromatic rings. The van der Waals surface area contributed by atoms with Crippen LogP contribution < -0.4 is 10.2 Å². The summed E-state index contributed by atoms with van der Waals surface area (Å²) >= 11 is 0. The Morgan fingerprint density at radius 1 is 1.10 bits per heavy atom. The van der Waals surface area contributed by atoms with E-state index in [0.717, 1.165) is 24.8 Å². The highest BCUT2D eigenvalue weighted by molar-refractivity contribution is 5.93. The molecule has 162 valence electrons. The van der Waals surface area contributed by atoms with Crippen LogP contribution in [0.25, 0.3) is 0 Å². The van der Waals surface area contributed by atoms with Gasteiger partial charge in [-0.05, 0) is 76.4 Å². The summed E-state index contributed by atoms with van der Waals surface area (Å²) in [5.74, 6) is 0.367. The molecular weight excluding hydrogens is 374 g/mol. The van der Waals surface area contributed by atoms with Crippen LogP contribution in [-0.4, -0.2) is 43.0 Å². The van der Waals surface area contributed by atoms with Crippen LogP contribution >= 0.6 is 0 Å². The van der Waals surface area contributed by atoms with E-state index in [0.29, 0.717) is 24.9 Å². The number of benzene rings is 1. The van der Waals surface area contributed by atoms with Gasteiger partial charge in [0.25, 0.3) is 5.91 Å². The first kappa shape index (κ1) is 21.0. The van der Waals surface area contributed by atoms with Crippen molar-refractivity contribution in [3.8, 4) is 0 Å². The van der Waals surface area contributed by atoms with E-state index in [4.69, 9.17) is 4.42 Å². The number of nitrogens with one attached hydrogen (secondary N) is 1. The van der Waals surface area contributed by atoms with Crippen molar-refractivity contribution < 1.29 is 9.21 Å². The summed E-state index contributed by atoms with van der Waals surface area (Å²) in [5.41, 5.74) is 3.61. The molecule has 0 aliphatic carbocycles. The van der Waals surface area contributed by atoms with Gasteiger partial charge in [0.1, 0.15) is 0 Å². The number of hydrogen-bond acceptors (Lipinski definition) is 4. The second-order valence-electron chi connectivity index (χ2n) is 8.80. The zero-order valence-corrected chi connectivity index (χ0v) is 18.2. The average Bonchev–Trinajstić information content (AvgIpc) is 3.36. The van der Waals surface area contributed by atoms with Crippen molar-refractivity contribution in [2.75, 3.05) is 31.1 Å². The fraction of sp³-hybridized carbons (Fsp3) is 0.560. The summed E-state index contributed by atoms with van der Waals surface area (Å²) < 4.78 is 5.57. The number of rotatable bonds is 9. The number of fused-ring (bicyclic) bond motifs is 1. The lowest BCUT2D eigenvalue weighted by molar-refractivity contribution is 0.0923. The van der Waals surface area contributed by atoms with Gasteiger partial charge in [0.2, 0.25) is 0 Å². The molecule has 0 spiro atoms. The van der Waals surface area contributed by atoms with Gasteiger partial charge in [-0.15, -0.1) is 0 Å². The van der Waals surface area contributed by atoms with E-state index >= 15 is 0 Å². The topological polar surface area (TPSA) is 48.7 Å². The van der Waals surface area contributed by atoms with Crippen LogP contribution in [0.4, 0.5) is 5.69 Å². The molecule has 1 aromatic carbocycles. The van der Waals surface area contributed by atoms with Crippen LogP contribution in [0.3, 0.4) is 0 Å². The maximum Gasteiger partial charge on any atom is 0.287 e. The summed E-state index contributed by atoms with van der Waals surface area (Å²) in [5, 5.41) is 3.05. The first-order chi connectivity index (χ1) is 14.7. The number of likely N-dealkylation sites (tertiary alicyclic amines) is 1. The van der Waals surface area contributed by atoms with Crippen LogP contribution in [-0.2, 0) is 13.0 Å². The standard InChI is InChI=1S/C25H35N3O2/c1-20-18-21-10-4-5-11-23(21)28(20)19-22-12-17-30-24(22)25(29)26-13-6-2-7-14-27-15-8-3-9-16-27/h4-5,10-12,17,20H,2-3,6-9,13-16,18-19H2,1H3,(H,26,29). The van der Waals surface area contributed by atoms with Crippen molar-refractivity contribution in [1.29, 1.82) is 0 Å². The number of nitrogens with zero attached hydrogens (tertiary/aromatic N) is 2. The Bertz CT molecular complexity index is 825. The lowest BCUT2D eigenvalue weighted by Crippen LogP contribution is -2.31. The molecule has 1 saturated heterocycles. The number of unbranched alkanes of at least 4 members (excludes halogenated alkanes) is 2. The molecule has 1 N–H and O–H groups in total. The number of furan rings is 1. The highest BCUT2D eigenvalue weighted by Gasteiger charge is 2.27. The van der Waals surface area contributed by atoms with Crippen molar-refractivity contribution in [2.24, 2.45) is 0 Å². The Hall–Kier alpha value is -2.27. The molecule has 2 aliphatic rings. The maximum atomic E-state index is 12.7. The van der Waals surface area contributed by atoms with Crippen LogP contribution in [0.1, 0.15) is 67.1 Å². The van der Waals surface area contributed by atoms with E-state index in [1.165, 1.54) is 56.6 Å². The lowest BCUT2D eigenvalue weighted by Gasteiger charge is -2.26. The van der Waals surface area contributed by atoms with E-state index < -0.39 is 0 Å². The van der Waals surface area contributed by atoms with Crippen LogP contribution in [0, 0.1) is 0 Å². The molecule has 1 unspecified atom stereocenters. The summed E-state index contributed by atoms with van der Waals surface area (Å²) in [6.07, 6.45) is 10.2. The third kappa shape index (κ3) is 5.07. The average molecular weight is 410 g/mol. The molecule has 2 aliphatic heterocycles. The second kappa shape index (κ2) is 10.2. The number of carbonyl (C=O) groups excluding carboxylic acids is 1. The third-order valence-electron chi connectivity index (χ3n) is 6.53. The molecule has 1 atom stereocenters. The minimum Gasteiger partial charge on any atom is -0.459 e. The Morgan fingerprint density at radius 2 is 1.93 bits per heavy atom. The smallest absolute Gasteiger partial charge is 0.287 e. The largest absolute Gasteiger partial charge is 0.459 e. The Balaban J connectivity index is 1.22. The Kier molecular flexibility index (Phi) is 7.11. The highest BCUT2D eigenvalue weighted by Crippen LogP contribution is 2.33. The van der Waals surface area contributed by atoms with Crippen molar-refractivity contribution in [2.45, 2.75) is 64.5 Å². The van der Waals surface area contributed by atoms with E-state index in [1.54, 1.807) is 6.26 Å². The molecule has 0 bridgehead atoms. The van der Waals surface area contributed by atoms with Crippen molar-refractivity contribution >= 4 is 11.6 Å². The maximum absolute atomic E-state index is 12.7. The lowest BCUT2D eigenvalue weighted by atomic mass is 10.1. The molecule has 5 heteroatoms. The normalized spacial score (nSPS) is 19.1. The molecule has 4 rings (SSSR count). The van der Waals surface area contributed by atoms with Crippen LogP contribution in [0.2, 0.25) is 0 Å². The molecule has 1 fully saturated rings. The van der Waals surface area contributed by atoms with Crippen molar-refractivity contribution in [3.63, 3.8) is 0 Å². The van der Waals surface area contributed by atoms with Gasteiger partial charge < -0.3 is 19.5 Å². The predicted molar refractivity (Wildman–Crippen MR) is 121 cm³/mol. The molecule has 0 saturated carbocycles. The molecule has 3 heterocycles. The molecular formula is C25H35N3O2. The minimum absolute atomic E-state index is 0.0915. The monoisotopic (exact) mass is 409 g/mol. The Morgan fingerprint density at radius 3 is 2.80 bits per heavy atom. The fourth-order valence-electron chi connectivity index (χ4n) is 4.82. The SMILES string of the molecule is CC1Cc2ccccc2N1Cc1ccoc1C(=O)NCCCCCN1CCCCC1. The van der Waals surface area contributed by atoms with Crippen molar-refractivity contribution in [1.82, 2.24) is 10.2 Å². The van der Waals surface area contributed by atoms with E-state index in [1.807, 2.05) is 6.07 Å². The summed E-state index contributed by atoms with van der Waals surface area (Å²) in [6.45, 7) is 7.38. The summed E-state index contributed by atoms with van der Waals surface area (Å²) in [7, 11) is 0. The fourth-order valence-corrected chi connectivity index (χ4v) is 4.82. The number of carbonyl (C=O) groups is 1. The zero-order chi connectivity index (χ0) is 20.8.